The summed E-state index contributed by atoms with van der Waals surface area (Å²) in [6, 6.07) is 6.62. The number of ether oxygens (including phenoxy) is 1. The number of carbonyl (C=O) groups is 1. The van der Waals surface area contributed by atoms with Crippen LogP contribution in [0.3, 0.4) is 0 Å². The lowest BCUT2D eigenvalue weighted by Gasteiger charge is -2.33. The van der Waals surface area contributed by atoms with E-state index >= 15 is 0 Å². The number of hydrogen-bond donors (Lipinski definition) is 0. The number of aryl methyl sites for hydroxylation is 1. The third-order valence-corrected chi connectivity index (χ3v) is 5.85. The summed E-state index contributed by atoms with van der Waals surface area (Å²) < 4.78 is 31.7. The topological polar surface area (TPSA) is 66.9 Å². The molecule has 1 saturated heterocycles. The molecule has 1 aliphatic rings. The van der Waals surface area contributed by atoms with Gasteiger partial charge in [-0.25, -0.2) is 8.42 Å². The van der Waals surface area contributed by atoms with E-state index in [4.69, 9.17) is 4.74 Å². The van der Waals surface area contributed by atoms with E-state index in [2.05, 4.69) is 0 Å². The molecule has 0 bridgehead atoms. The lowest BCUT2D eigenvalue weighted by atomic mass is 10.2. The number of carbonyl (C=O) groups excluding carboxylic acids is 1. The van der Waals surface area contributed by atoms with E-state index in [0.29, 0.717) is 19.7 Å². The fourth-order valence-electron chi connectivity index (χ4n) is 2.46. The van der Waals surface area contributed by atoms with E-state index in [1.165, 1.54) is 7.05 Å². The summed E-state index contributed by atoms with van der Waals surface area (Å²) in [5.74, 6) is -0.190. The van der Waals surface area contributed by atoms with Crippen LogP contribution >= 0.6 is 0 Å². The normalized spacial score (nSPS) is 19.1. The molecule has 1 amide bonds. The van der Waals surface area contributed by atoms with Gasteiger partial charge in [-0.05, 0) is 25.5 Å². The van der Waals surface area contributed by atoms with Gasteiger partial charge in [-0.3, -0.25) is 4.79 Å². The van der Waals surface area contributed by atoms with Gasteiger partial charge in [-0.1, -0.05) is 24.6 Å². The van der Waals surface area contributed by atoms with Crippen LogP contribution in [0.25, 0.3) is 0 Å². The second-order valence-corrected chi connectivity index (χ2v) is 7.86. The fraction of sp³-hybridized carbons (Fsp3) is 0.562. The van der Waals surface area contributed by atoms with E-state index in [-0.39, 0.29) is 23.5 Å². The summed E-state index contributed by atoms with van der Waals surface area (Å²) in [5.41, 5.74) is 0.988. The summed E-state index contributed by atoms with van der Waals surface area (Å²) in [7, 11) is -2.22. The molecule has 0 spiro atoms. The molecule has 6 nitrogen and oxygen atoms in total. The second-order valence-electron chi connectivity index (χ2n) is 5.81. The molecule has 1 aromatic carbocycles. The summed E-state index contributed by atoms with van der Waals surface area (Å²) in [4.78, 5) is 14.2. The quantitative estimate of drug-likeness (QED) is 0.809. The number of likely N-dealkylation sites (N-methyl/N-ethyl adjacent to an activating group) is 1. The zero-order valence-electron chi connectivity index (χ0n) is 13.9. The van der Waals surface area contributed by atoms with Crippen LogP contribution in [0.4, 0.5) is 0 Å². The first-order valence-electron chi connectivity index (χ1n) is 7.77. The molecule has 23 heavy (non-hydrogen) atoms. The third-order valence-electron chi connectivity index (χ3n) is 4.03. The third kappa shape index (κ3) is 4.31. The first kappa shape index (κ1) is 17.9. The van der Waals surface area contributed by atoms with Crippen molar-refractivity contribution in [3.63, 3.8) is 0 Å². The second kappa shape index (κ2) is 7.42. The molecule has 128 valence electrons. The number of rotatable bonds is 5. The van der Waals surface area contributed by atoms with E-state index in [1.54, 1.807) is 29.2 Å². The molecule has 1 aliphatic heterocycles. The highest BCUT2D eigenvalue weighted by molar-refractivity contribution is 7.89. The minimum atomic E-state index is -3.65. The van der Waals surface area contributed by atoms with Gasteiger partial charge in [0.15, 0.2) is 0 Å². The zero-order chi connectivity index (χ0) is 17.0. The Kier molecular flexibility index (Phi) is 5.78. The highest BCUT2D eigenvalue weighted by Crippen LogP contribution is 2.16. The molecule has 1 atom stereocenters. The Bertz CT molecular complexity index is 643. The minimum Gasteiger partial charge on any atom is -0.375 e. The van der Waals surface area contributed by atoms with E-state index in [9.17, 15) is 13.2 Å². The van der Waals surface area contributed by atoms with Gasteiger partial charge in [0.1, 0.15) is 0 Å². The van der Waals surface area contributed by atoms with Crippen LogP contribution in [0.1, 0.15) is 18.9 Å². The Morgan fingerprint density at radius 2 is 2.00 bits per heavy atom. The van der Waals surface area contributed by atoms with Crippen molar-refractivity contribution in [2.75, 3.05) is 33.3 Å². The molecule has 1 fully saturated rings. The van der Waals surface area contributed by atoms with Crippen LogP contribution < -0.4 is 0 Å². The maximum absolute atomic E-state index is 12.5. The average molecular weight is 340 g/mol. The maximum Gasteiger partial charge on any atom is 0.243 e. The van der Waals surface area contributed by atoms with Crippen LogP contribution in [0, 0.1) is 6.92 Å². The number of amides is 1. The summed E-state index contributed by atoms with van der Waals surface area (Å²) in [5, 5.41) is 0. The Morgan fingerprint density at radius 3 is 2.61 bits per heavy atom. The van der Waals surface area contributed by atoms with Gasteiger partial charge in [0, 0.05) is 20.1 Å². The Labute approximate surface area is 138 Å². The molecule has 0 saturated carbocycles. The van der Waals surface area contributed by atoms with E-state index in [0.717, 1.165) is 16.3 Å². The van der Waals surface area contributed by atoms with Crippen LogP contribution in [-0.2, 0) is 19.6 Å². The van der Waals surface area contributed by atoms with E-state index in [1.807, 2.05) is 13.8 Å². The lowest BCUT2D eigenvalue weighted by molar-refractivity contribution is -0.138. The molecule has 7 heteroatoms. The summed E-state index contributed by atoms with van der Waals surface area (Å²) in [6.45, 7) is 5.27. The van der Waals surface area contributed by atoms with Crippen LogP contribution in [0.2, 0.25) is 0 Å². The number of sulfonamides is 1. The van der Waals surface area contributed by atoms with Crippen molar-refractivity contribution in [1.82, 2.24) is 9.21 Å². The fourth-order valence-corrected chi connectivity index (χ4v) is 3.58. The molecule has 1 heterocycles. The highest BCUT2D eigenvalue weighted by Gasteiger charge is 2.28. The molecule has 0 aromatic heterocycles. The molecule has 0 radical (unpaired) electrons. The van der Waals surface area contributed by atoms with Gasteiger partial charge >= 0.3 is 0 Å². The first-order valence-corrected chi connectivity index (χ1v) is 9.21. The van der Waals surface area contributed by atoms with Gasteiger partial charge in [0.05, 0.1) is 24.2 Å². The SMILES string of the molecule is CC[C@@H]1CN(C(=O)CN(C)S(=O)(=O)c2ccc(C)cc2)CCO1. The van der Waals surface area contributed by atoms with Crippen molar-refractivity contribution >= 4 is 15.9 Å². The molecule has 0 aliphatic carbocycles. The van der Waals surface area contributed by atoms with Crippen molar-refractivity contribution in [3.05, 3.63) is 29.8 Å². The lowest BCUT2D eigenvalue weighted by Crippen LogP contribution is -2.49. The molecule has 1 aromatic rings. The predicted octanol–water partition coefficient (Wildman–Crippen LogP) is 1.25. The van der Waals surface area contributed by atoms with Gasteiger partial charge < -0.3 is 9.64 Å². The standard InChI is InChI=1S/C16H24N2O4S/c1-4-14-11-18(9-10-22-14)16(19)12-17(3)23(20,21)15-7-5-13(2)6-8-15/h5-8,14H,4,9-12H2,1-3H3/t14-/m1/s1. The van der Waals surface area contributed by atoms with Gasteiger partial charge in [0.25, 0.3) is 0 Å². The number of hydrogen-bond acceptors (Lipinski definition) is 4. The Morgan fingerprint density at radius 1 is 1.35 bits per heavy atom. The molecule has 2 rings (SSSR count). The molecular formula is C16H24N2O4S. The van der Waals surface area contributed by atoms with Crippen LogP contribution in [0.15, 0.2) is 29.2 Å². The Hall–Kier alpha value is -1.44. The molecule has 0 N–H and O–H groups in total. The average Bonchev–Trinajstić information content (AvgIpc) is 2.55. The van der Waals surface area contributed by atoms with E-state index < -0.39 is 10.0 Å². The smallest absolute Gasteiger partial charge is 0.243 e. The molecule has 0 unspecified atom stereocenters. The Balaban J connectivity index is 2.04. The van der Waals surface area contributed by atoms with Gasteiger partial charge in [0.2, 0.25) is 15.9 Å². The monoisotopic (exact) mass is 340 g/mol. The molecular weight excluding hydrogens is 316 g/mol. The number of morpholine rings is 1. The van der Waals surface area contributed by atoms with Crippen LogP contribution in [-0.4, -0.2) is 62.9 Å². The van der Waals surface area contributed by atoms with Gasteiger partial charge in [-0.2, -0.15) is 4.31 Å². The van der Waals surface area contributed by atoms with Crippen molar-refractivity contribution < 1.29 is 17.9 Å². The maximum atomic E-state index is 12.5. The van der Waals surface area contributed by atoms with Gasteiger partial charge in [-0.15, -0.1) is 0 Å². The number of nitrogens with zero attached hydrogens (tertiary/aromatic N) is 2. The number of benzene rings is 1. The first-order chi connectivity index (χ1) is 10.8. The highest BCUT2D eigenvalue weighted by atomic mass is 32.2. The predicted molar refractivity (Wildman–Crippen MR) is 87.6 cm³/mol. The summed E-state index contributed by atoms with van der Waals surface area (Å²) in [6.07, 6.45) is 0.869. The van der Waals surface area contributed by atoms with Crippen molar-refractivity contribution in [2.24, 2.45) is 0 Å². The summed E-state index contributed by atoms with van der Waals surface area (Å²) >= 11 is 0. The largest absolute Gasteiger partial charge is 0.375 e. The van der Waals surface area contributed by atoms with Crippen molar-refractivity contribution in [3.8, 4) is 0 Å². The van der Waals surface area contributed by atoms with Crippen molar-refractivity contribution in [2.45, 2.75) is 31.3 Å². The zero-order valence-corrected chi connectivity index (χ0v) is 14.7. The van der Waals surface area contributed by atoms with Crippen molar-refractivity contribution in [1.29, 1.82) is 0 Å². The van der Waals surface area contributed by atoms with Crippen LogP contribution in [0.5, 0.6) is 0 Å². The minimum absolute atomic E-state index is 0.0340.